The minimum absolute atomic E-state index is 0.211. The Bertz CT molecular complexity index is 139. The van der Waals surface area contributed by atoms with Crippen LogP contribution in [0.25, 0.3) is 10.4 Å². The molecule has 5 heteroatoms. The summed E-state index contributed by atoms with van der Waals surface area (Å²) >= 11 is 3.53. The summed E-state index contributed by atoms with van der Waals surface area (Å²) in [5.74, 6) is 0.211. The van der Waals surface area contributed by atoms with E-state index < -0.39 is 0 Å². The highest BCUT2D eigenvalue weighted by molar-refractivity contribution is 7.79. The minimum atomic E-state index is -0.282. The molecule has 0 saturated carbocycles. The van der Waals surface area contributed by atoms with Gasteiger partial charge in [-0.3, -0.25) is 0 Å². The molecule has 0 aliphatic heterocycles. The van der Waals surface area contributed by atoms with Gasteiger partial charge in [-0.1, -0.05) is 19.0 Å². The van der Waals surface area contributed by atoms with Crippen LogP contribution in [0, 0.1) is 5.92 Å². The van der Waals surface area contributed by atoms with Gasteiger partial charge in [0, 0.05) is 4.91 Å². The van der Waals surface area contributed by atoms with Gasteiger partial charge in [0.2, 0.25) is 1.43 Å². The molecule has 1 N–H and O–H groups in total. The first-order valence-corrected chi connectivity index (χ1v) is 4.19. The number of rotatable bonds is 4. The second-order valence-corrected chi connectivity index (χ2v) is 2.20. The fourth-order valence-corrected chi connectivity index (χ4v) is 0.328. The van der Waals surface area contributed by atoms with Crippen LogP contribution in [0.4, 0.5) is 0 Å². The lowest BCUT2D eigenvalue weighted by Gasteiger charge is -2.09. The first-order valence-electron chi connectivity index (χ1n) is 3.70. The van der Waals surface area contributed by atoms with Gasteiger partial charge in [0.05, 0.1) is 12.6 Å². The average molecular weight is 179 g/mol. The van der Waals surface area contributed by atoms with E-state index in [1.54, 1.807) is 6.26 Å². The summed E-state index contributed by atoms with van der Waals surface area (Å²) in [6.07, 6.45) is 1.41. The van der Waals surface area contributed by atoms with E-state index in [2.05, 4.69) is 27.8 Å². The lowest BCUT2D eigenvalue weighted by atomic mass is 10.1. The van der Waals surface area contributed by atoms with Crippen molar-refractivity contribution >= 4 is 12.6 Å². The molecule has 0 saturated heterocycles. The van der Waals surface area contributed by atoms with Crippen LogP contribution in [0.3, 0.4) is 0 Å². The first-order chi connectivity index (χ1) is 5.72. The third-order valence-electron chi connectivity index (χ3n) is 1.07. The van der Waals surface area contributed by atoms with E-state index in [1.165, 1.54) is 0 Å². The zero-order valence-corrected chi connectivity index (χ0v) is 7.95. The van der Waals surface area contributed by atoms with Crippen LogP contribution in [0.15, 0.2) is 5.11 Å². The van der Waals surface area contributed by atoms with Gasteiger partial charge in [-0.25, -0.2) is 0 Å². The van der Waals surface area contributed by atoms with Gasteiger partial charge in [0.15, 0.2) is 0 Å². The monoisotopic (exact) mass is 179 g/mol. The maximum Gasteiger partial charge on any atom is 0.210 e. The van der Waals surface area contributed by atoms with Crippen molar-refractivity contribution in [3.63, 3.8) is 0 Å². The summed E-state index contributed by atoms with van der Waals surface area (Å²) in [6.45, 7) is 4.05. The third kappa shape index (κ3) is 9.62. The molecule has 0 aliphatic carbocycles. The normalized spacial score (nSPS) is 12.3. The highest BCUT2D eigenvalue weighted by Crippen LogP contribution is 2.00. The largest absolute Gasteiger partial charge is 0.393 e. The van der Waals surface area contributed by atoms with Gasteiger partial charge in [-0.2, -0.15) is 12.6 Å². The Hall–Kier alpha value is -0.380. The Morgan fingerprint density at radius 1 is 1.73 bits per heavy atom. The third-order valence-corrected chi connectivity index (χ3v) is 1.07. The lowest BCUT2D eigenvalue weighted by molar-refractivity contribution is 0.133. The zero-order chi connectivity index (χ0) is 9.98. The molecule has 0 radical (unpaired) electrons. The number of nitrogens with zero attached hydrogens (tertiary/aromatic N) is 3. The topological polar surface area (TPSA) is 69.0 Å². The summed E-state index contributed by atoms with van der Waals surface area (Å²) in [5, 5.41) is 7.60. The van der Waals surface area contributed by atoms with Crippen molar-refractivity contribution in [2.24, 2.45) is 11.0 Å². The van der Waals surface area contributed by atoms with Crippen molar-refractivity contribution in [2.75, 3.05) is 12.8 Å². The Balaban J connectivity index is 0. The number of aliphatic hydroxyl groups excluding tert-OH is 1. The minimum Gasteiger partial charge on any atom is -0.393 e. The first kappa shape index (κ1) is 10.6. The fourth-order valence-electron chi connectivity index (χ4n) is 0.328. The maximum atomic E-state index is 7.93. The SMILES string of the molecule is CS.[3H]O[C@@H](CN=[N+]=[N-])C(C)C. The Labute approximate surface area is 74.1 Å². The Morgan fingerprint density at radius 3 is 2.55 bits per heavy atom. The molecule has 0 amide bonds. The number of aliphatic hydroxyl groups is 1. The van der Waals surface area contributed by atoms with Crippen LogP contribution >= 0.6 is 12.6 Å². The molecular formula is C6H15N3OS. The summed E-state index contributed by atoms with van der Waals surface area (Å²) in [5.41, 5.74) is 7.93. The molecule has 0 aromatic heterocycles. The van der Waals surface area contributed by atoms with E-state index in [9.17, 15) is 0 Å². The van der Waals surface area contributed by atoms with Crippen LogP contribution in [0.1, 0.15) is 13.8 Å². The standard InChI is InChI=1S/C5H11N3O.CH4S/c1-4(2)5(9)3-7-8-6;1-2/h4-5,9H,3H2,1-2H3;2H,1H3/t5-;/m0./s1/i9T;. The van der Waals surface area contributed by atoms with E-state index in [1.807, 2.05) is 13.8 Å². The van der Waals surface area contributed by atoms with Crippen LogP contribution in [0.5, 0.6) is 0 Å². The van der Waals surface area contributed by atoms with Crippen molar-refractivity contribution < 1.29 is 5.11 Å². The molecule has 4 nitrogen and oxygen atoms in total. The number of azide groups is 1. The predicted octanol–water partition coefficient (Wildman–Crippen LogP) is 1.86. The highest BCUT2D eigenvalue weighted by Gasteiger charge is 2.05. The van der Waals surface area contributed by atoms with Crippen LogP contribution in [0.2, 0.25) is 0 Å². The molecule has 0 heterocycles. The molecule has 0 unspecified atom stereocenters. The van der Waals surface area contributed by atoms with E-state index >= 15 is 0 Å². The smallest absolute Gasteiger partial charge is 0.210 e. The molecule has 11 heavy (non-hydrogen) atoms. The zero-order valence-electron chi connectivity index (χ0n) is 8.06. The fraction of sp³-hybridized carbons (Fsp3) is 1.00. The average Bonchev–Trinajstić information content (AvgIpc) is 2.09. The van der Waals surface area contributed by atoms with Gasteiger partial charge >= 0.3 is 0 Å². The van der Waals surface area contributed by atoms with Crippen molar-refractivity contribution in [2.45, 2.75) is 20.0 Å². The molecule has 0 bridgehead atoms. The Morgan fingerprint density at radius 2 is 2.27 bits per heavy atom. The van der Waals surface area contributed by atoms with Gasteiger partial charge in [-0.15, -0.1) is 0 Å². The quantitative estimate of drug-likeness (QED) is 0.294. The lowest BCUT2D eigenvalue weighted by Crippen LogP contribution is -2.17. The van der Waals surface area contributed by atoms with E-state index in [4.69, 9.17) is 6.96 Å². The van der Waals surface area contributed by atoms with Gasteiger partial charge < -0.3 is 5.11 Å². The van der Waals surface area contributed by atoms with Crippen LogP contribution in [-0.4, -0.2) is 25.4 Å². The second kappa shape index (κ2) is 9.62. The van der Waals surface area contributed by atoms with Crippen molar-refractivity contribution in [1.29, 1.82) is 1.43 Å². The molecular weight excluding hydrogens is 162 g/mol. The van der Waals surface area contributed by atoms with Crippen molar-refractivity contribution in [1.82, 2.24) is 0 Å². The summed E-state index contributed by atoms with van der Waals surface area (Å²) in [6, 6.07) is 0. The predicted molar refractivity (Wildman–Crippen MR) is 49.8 cm³/mol. The van der Waals surface area contributed by atoms with E-state index in [0.717, 1.165) is 0 Å². The number of hydrogen-bond donors (Lipinski definition) is 2. The Kier molecular flexibility index (Phi) is 9.29. The van der Waals surface area contributed by atoms with E-state index in [0.29, 0.717) is 0 Å². The molecule has 0 aromatic carbocycles. The van der Waals surface area contributed by atoms with Crippen LogP contribution < -0.4 is 0 Å². The number of hydrogen-bond acceptors (Lipinski definition) is 3. The highest BCUT2D eigenvalue weighted by atomic mass is 32.1. The van der Waals surface area contributed by atoms with Gasteiger partial charge in [-0.05, 0) is 17.7 Å². The second-order valence-electron chi connectivity index (χ2n) is 2.20. The molecule has 0 rings (SSSR count). The molecule has 0 spiro atoms. The van der Waals surface area contributed by atoms with E-state index in [-0.39, 0.29) is 18.6 Å². The van der Waals surface area contributed by atoms with Crippen molar-refractivity contribution in [3.8, 4) is 0 Å². The maximum absolute atomic E-state index is 7.93. The van der Waals surface area contributed by atoms with Crippen molar-refractivity contribution in [3.05, 3.63) is 10.4 Å². The van der Waals surface area contributed by atoms with Gasteiger partial charge in [0.1, 0.15) is 0 Å². The molecule has 1 atom stereocenters. The molecule has 0 aliphatic rings. The molecule has 66 valence electrons. The summed E-state index contributed by atoms with van der Waals surface area (Å²) in [7, 11) is 0. The molecule has 0 fully saturated rings. The van der Waals surface area contributed by atoms with Gasteiger partial charge in [0.25, 0.3) is 0 Å². The summed E-state index contributed by atoms with van der Waals surface area (Å²) in [4.78, 5) is 2.57. The van der Waals surface area contributed by atoms with Crippen LogP contribution in [-0.2, 0) is 0 Å². The number of thiol groups is 1. The molecule has 0 aromatic rings. The summed E-state index contributed by atoms with van der Waals surface area (Å²) < 4.78 is 6.59.